The molecule has 0 aromatic heterocycles. The highest BCUT2D eigenvalue weighted by Crippen LogP contribution is 2.23. The van der Waals surface area contributed by atoms with Gasteiger partial charge in [0.25, 0.3) is 5.91 Å². The molecule has 1 amide bonds. The van der Waals surface area contributed by atoms with Gasteiger partial charge in [-0.3, -0.25) is 4.79 Å². The molecule has 0 spiro atoms. The highest BCUT2D eigenvalue weighted by molar-refractivity contribution is 9.10. The Morgan fingerprint density at radius 1 is 1.00 bits per heavy atom. The Kier molecular flexibility index (Phi) is 8.78. The van der Waals surface area contributed by atoms with E-state index >= 15 is 0 Å². The van der Waals surface area contributed by atoms with Gasteiger partial charge in [-0.25, -0.2) is 10.2 Å². The molecule has 0 aliphatic heterocycles. The molecule has 6 nitrogen and oxygen atoms in total. The third-order valence-electron chi connectivity index (χ3n) is 4.71. The summed E-state index contributed by atoms with van der Waals surface area (Å²) in [4.78, 5) is 24.9. The van der Waals surface area contributed by atoms with Gasteiger partial charge < -0.3 is 9.47 Å². The van der Waals surface area contributed by atoms with Crippen LogP contribution in [-0.2, 0) is 0 Å². The van der Waals surface area contributed by atoms with Crippen molar-refractivity contribution in [1.82, 2.24) is 5.43 Å². The van der Waals surface area contributed by atoms with Crippen LogP contribution in [0.5, 0.6) is 11.5 Å². The molecular weight excluding hydrogens is 484 g/mol. The number of halogens is 1. The van der Waals surface area contributed by atoms with E-state index in [2.05, 4.69) is 33.4 Å². The molecule has 0 radical (unpaired) electrons. The standard InChI is InChI=1S/C26H25BrN2O4/c1-3-4-15-32-23-12-9-19(10-13-23)25(30)29-28-17-21-16-22(27)11-14-24(21)33-26(31)20-7-5-18(2)6-8-20/h5-14,16-17H,3-4,15H2,1-2H3,(H,29,30)/b28-17+. The Balaban J connectivity index is 1.64. The predicted molar refractivity (Wildman–Crippen MR) is 132 cm³/mol. The van der Waals surface area contributed by atoms with Crippen molar-refractivity contribution < 1.29 is 19.1 Å². The second-order valence-corrected chi connectivity index (χ2v) is 8.28. The lowest BCUT2D eigenvalue weighted by Crippen LogP contribution is -2.17. The van der Waals surface area contributed by atoms with Gasteiger partial charge in [0.05, 0.1) is 18.4 Å². The number of nitrogens with zero attached hydrogens (tertiary/aromatic N) is 1. The summed E-state index contributed by atoms with van der Waals surface area (Å²) in [5, 5.41) is 4.03. The van der Waals surface area contributed by atoms with Crippen molar-refractivity contribution >= 4 is 34.0 Å². The topological polar surface area (TPSA) is 77.0 Å². The Morgan fingerprint density at radius 3 is 2.39 bits per heavy atom. The maximum Gasteiger partial charge on any atom is 0.343 e. The van der Waals surface area contributed by atoms with Gasteiger partial charge in [-0.05, 0) is 67.9 Å². The molecule has 3 rings (SSSR count). The fraction of sp³-hybridized carbons (Fsp3) is 0.192. The van der Waals surface area contributed by atoms with Crippen molar-refractivity contribution in [3.8, 4) is 11.5 Å². The lowest BCUT2D eigenvalue weighted by molar-refractivity contribution is 0.0734. The quantitative estimate of drug-likeness (QED) is 0.128. The molecule has 170 valence electrons. The molecule has 0 unspecified atom stereocenters. The summed E-state index contributed by atoms with van der Waals surface area (Å²) >= 11 is 3.40. The highest BCUT2D eigenvalue weighted by atomic mass is 79.9. The van der Waals surface area contributed by atoms with E-state index in [0.29, 0.717) is 29.0 Å². The zero-order chi connectivity index (χ0) is 23.6. The van der Waals surface area contributed by atoms with Crippen molar-refractivity contribution in [3.05, 3.63) is 93.5 Å². The summed E-state index contributed by atoms with van der Waals surface area (Å²) in [6.07, 6.45) is 3.47. The van der Waals surface area contributed by atoms with Gasteiger partial charge in [0.15, 0.2) is 0 Å². The number of ether oxygens (including phenoxy) is 2. The van der Waals surface area contributed by atoms with Crippen LogP contribution in [-0.4, -0.2) is 24.7 Å². The molecule has 7 heteroatoms. The normalized spacial score (nSPS) is 10.8. The van der Waals surface area contributed by atoms with Crippen LogP contribution in [0.25, 0.3) is 0 Å². The van der Waals surface area contributed by atoms with Crippen LogP contribution in [0.1, 0.15) is 51.6 Å². The number of nitrogens with one attached hydrogen (secondary N) is 1. The number of aryl methyl sites for hydroxylation is 1. The van der Waals surface area contributed by atoms with Gasteiger partial charge in [-0.15, -0.1) is 0 Å². The summed E-state index contributed by atoms with van der Waals surface area (Å²) in [7, 11) is 0. The van der Waals surface area contributed by atoms with Gasteiger partial charge in [0, 0.05) is 15.6 Å². The fourth-order valence-electron chi connectivity index (χ4n) is 2.82. The van der Waals surface area contributed by atoms with Crippen molar-refractivity contribution in [2.45, 2.75) is 26.7 Å². The third-order valence-corrected chi connectivity index (χ3v) is 5.21. The lowest BCUT2D eigenvalue weighted by Gasteiger charge is -2.08. The van der Waals surface area contributed by atoms with E-state index in [1.54, 1.807) is 54.6 Å². The second-order valence-electron chi connectivity index (χ2n) is 7.36. The van der Waals surface area contributed by atoms with Gasteiger partial charge in [-0.2, -0.15) is 5.10 Å². The minimum atomic E-state index is -0.475. The number of amides is 1. The van der Waals surface area contributed by atoms with Gasteiger partial charge in [0.1, 0.15) is 11.5 Å². The molecule has 0 aliphatic rings. The maximum atomic E-state index is 12.5. The monoisotopic (exact) mass is 508 g/mol. The van der Waals surface area contributed by atoms with Crippen LogP contribution >= 0.6 is 15.9 Å². The van der Waals surface area contributed by atoms with Gasteiger partial charge in [0.2, 0.25) is 0 Å². The first-order valence-corrected chi connectivity index (χ1v) is 11.4. The van der Waals surface area contributed by atoms with E-state index in [0.717, 1.165) is 28.6 Å². The van der Waals surface area contributed by atoms with Crippen molar-refractivity contribution in [2.75, 3.05) is 6.61 Å². The number of hydrogen-bond donors (Lipinski definition) is 1. The summed E-state index contributed by atoms with van der Waals surface area (Å²) in [6, 6.07) is 19.2. The van der Waals surface area contributed by atoms with E-state index in [-0.39, 0.29) is 5.91 Å². The lowest BCUT2D eigenvalue weighted by atomic mass is 10.1. The minimum absolute atomic E-state index is 0.329. The van der Waals surface area contributed by atoms with E-state index in [9.17, 15) is 9.59 Å². The van der Waals surface area contributed by atoms with E-state index in [1.165, 1.54) is 6.21 Å². The van der Waals surface area contributed by atoms with Gasteiger partial charge in [-0.1, -0.05) is 47.0 Å². The maximum absolute atomic E-state index is 12.5. The molecule has 3 aromatic carbocycles. The SMILES string of the molecule is CCCCOc1ccc(C(=O)N/N=C/c2cc(Br)ccc2OC(=O)c2ccc(C)cc2)cc1. The van der Waals surface area contributed by atoms with Crippen LogP contribution in [0.15, 0.2) is 76.3 Å². The summed E-state index contributed by atoms with van der Waals surface area (Å²) in [5.41, 5.74) is 4.98. The number of carbonyl (C=O) groups is 2. The number of carbonyl (C=O) groups excluding carboxylic acids is 2. The molecule has 0 saturated carbocycles. The average molecular weight is 509 g/mol. The first-order valence-electron chi connectivity index (χ1n) is 10.6. The Bertz CT molecular complexity index is 1130. The van der Waals surface area contributed by atoms with Crippen LogP contribution in [0.2, 0.25) is 0 Å². The molecule has 0 atom stereocenters. The molecule has 33 heavy (non-hydrogen) atoms. The highest BCUT2D eigenvalue weighted by Gasteiger charge is 2.12. The molecule has 0 heterocycles. The molecule has 3 aromatic rings. The Hall–Kier alpha value is -3.45. The number of benzene rings is 3. The summed E-state index contributed by atoms with van der Waals surface area (Å²) in [6.45, 7) is 4.70. The number of hydrogen-bond acceptors (Lipinski definition) is 5. The average Bonchev–Trinajstić information content (AvgIpc) is 2.81. The smallest absolute Gasteiger partial charge is 0.343 e. The van der Waals surface area contributed by atoms with Crippen molar-refractivity contribution in [1.29, 1.82) is 0 Å². The summed E-state index contributed by atoms with van der Waals surface area (Å²) in [5.74, 6) is 0.213. The minimum Gasteiger partial charge on any atom is -0.494 e. The van der Waals surface area contributed by atoms with E-state index in [1.807, 2.05) is 19.1 Å². The molecule has 0 bridgehead atoms. The first kappa shape index (κ1) is 24.2. The number of esters is 1. The van der Waals surface area contributed by atoms with Crippen LogP contribution in [0.3, 0.4) is 0 Å². The number of rotatable bonds is 9. The van der Waals surface area contributed by atoms with E-state index in [4.69, 9.17) is 9.47 Å². The van der Waals surface area contributed by atoms with Crippen molar-refractivity contribution in [2.24, 2.45) is 5.10 Å². The van der Waals surface area contributed by atoms with Crippen LogP contribution < -0.4 is 14.9 Å². The summed E-state index contributed by atoms with van der Waals surface area (Å²) < 4.78 is 11.9. The Labute approximate surface area is 201 Å². The van der Waals surface area contributed by atoms with Crippen molar-refractivity contribution in [3.63, 3.8) is 0 Å². The van der Waals surface area contributed by atoms with Crippen LogP contribution in [0.4, 0.5) is 0 Å². The second kappa shape index (κ2) is 12.0. The Morgan fingerprint density at radius 2 is 1.70 bits per heavy atom. The largest absolute Gasteiger partial charge is 0.494 e. The zero-order valence-electron chi connectivity index (χ0n) is 18.5. The van der Waals surface area contributed by atoms with Gasteiger partial charge >= 0.3 is 5.97 Å². The predicted octanol–water partition coefficient (Wildman–Crippen LogP) is 5.92. The third kappa shape index (κ3) is 7.29. The fourth-order valence-corrected chi connectivity index (χ4v) is 3.20. The molecular formula is C26H25BrN2O4. The van der Waals surface area contributed by atoms with Crippen LogP contribution in [0, 0.1) is 6.92 Å². The van der Waals surface area contributed by atoms with E-state index < -0.39 is 5.97 Å². The molecule has 0 saturated heterocycles. The molecule has 1 N–H and O–H groups in total. The molecule has 0 fully saturated rings. The molecule has 0 aliphatic carbocycles. The zero-order valence-corrected chi connectivity index (χ0v) is 20.1. The number of hydrazone groups is 1. The number of unbranched alkanes of at least 4 members (excludes halogenated alkanes) is 1. The first-order chi connectivity index (χ1) is 16.0.